The zero-order valence-corrected chi connectivity index (χ0v) is 14.6. The van der Waals surface area contributed by atoms with Gasteiger partial charge in [0, 0.05) is 18.4 Å². The molecule has 23 heavy (non-hydrogen) atoms. The second-order valence-electron chi connectivity index (χ2n) is 7.18. The highest BCUT2D eigenvalue weighted by Crippen LogP contribution is 2.26. The summed E-state index contributed by atoms with van der Waals surface area (Å²) in [5.41, 5.74) is 2.64. The van der Waals surface area contributed by atoms with E-state index in [1.165, 1.54) is 11.1 Å². The lowest BCUT2D eigenvalue weighted by atomic mass is 9.97. The molecule has 1 saturated heterocycles. The first-order valence-electron chi connectivity index (χ1n) is 8.70. The first kappa shape index (κ1) is 16.2. The molecule has 0 aromatic carbocycles. The number of rotatable bonds is 7. The molecule has 0 radical (unpaired) electrons. The average Bonchev–Trinajstić information content (AvgIpc) is 3.11. The van der Waals surface area contributed by atoms with Crippen molar-refractivity contribution < 1.29 is 4.74 Å². The van der Waals surface area contributed by atoms with Gasteiger partial charge in [-0.05, 0) is 42.7 Å². The van der Waals surface area contributed by atoms with Crippen LogP contribution in [-0.2, 0) is 4.74 Å². The molecule has 0 bridgehead atoms. The number of nitrogens with zero attached hydrogens (tertiary/aromatic N) is 4. The van der Waals surface area contributed by atoms with Crippen LogP contribution in [-0.4, -0.2) is 32.8 Å². The summed E-state index contributed by atoms with van der Waals surface area (Å²) >= 11 is 0. The van der Waals surface area contributed by atoms with Gasteiger partial charge in [0.05, 0.1) is 31.6 Å². The van der Waals surface area contributed by atoms with Crippen molar-refractivity contribution >= 4 is 0 Å². The molecule has 1 aliphatic rings. The lowest BCUT2D eigenvalue weighted by Gasteiger charge is -2.26. The predicted molar refractivity (Wildman–Crippen MR) is 90.8 cm³/mol. The minimum absolute atomic E-state index is 0.431. The molecule has 5 nitrogen and oxygen atoms in total. The third kappa shape index (κ3) is 3.66. The van der Waals surface area contributed by atoms with Crippen LogP contribution in [0.25, 0.3) is 0 Å². The van der Waals surface area contributed by atoms with Gasteiger partial charge in [-0.15, -0.1) is 0 Å². The lowest BCUT2D eigenvalue weighted by molar-refractivity contribution is -0.0286. The van der Waals surface area contributed by atoms with Crippen LogP contribution < -0.4 is 0 Å². The van der Waals surface area contributed by atoms with Crippen LogP contribution in [0.15, 0.2) is 24.8 Å². The van der Waals surface area contributed by atoms with Crippen molar-refractivity contribution in [1.29, 1.82) is 0 Å². The predicted octanol–water partition coefficient (Wildman–Crippen LogP) is 3.92. The van der Waals surface area contributed by atoms with Gasteiger partial charge >= 0.3 is 0 Å². The van der Waals surface area contributed by atoms with Crippen LogP contribution >= 0.6 is 0 Å². The molecule has 5 heteroatoms. The van der Waals surface area contributed by atoms with Gasteiger partial charge in [-0.1, -0.05) is 20.8 Å². The third-order valence-electron chi connectivity index (χ3n) is 4.94. The van der Waals surface area contributed by atoms with E-state index >= 15 is 0 Å². The van der Waals surface area contributed by atoms with E-state index in [9.17, 15) is 0 Å². The maximum Gasteiger partial charge on any atom is 0.0985 e. The molecule has 0 spiro atoms. The van der Waals surface area contributed by atoms with E-state index in [0.717, 1.165) is 26.1 Å². The minimum Gasteiger partial charge on any atom is -0.377 e. The summed E-state index contributed by atoms with van der Waals surface area (Å²) in [6.45, 7) is 10.5. The summed E-state index contributed by atoms with van der Waals surface area (Å²) in [4.78, 5) is 0. The van der Waals surface area contributed by atoms with Gasteiger partial charge < -0.3 is 4.74 Å². The van der Waals surface area contributed by atoms with Crippen molar-refractivity contribution in [2.24, 2.45) is 0 Å². The Hall–Kier alpha value is -1.62. The normalized spacial score (nSPS) is 18.1. The topological polar surface area (TPSA) is 44.9 Å². The van der Waals surface area contributed by atoms with E-state index in [-0.39, 0.29) is 0 Å². The quantitative estimate of drug-likeness (QED) is 0.777. The molecule has 2 unspecified atom stereocenters. The molecular weight excluding hydrogens is 288 g/mol. The minimum atomic E-state index is 0.431. The highest BCUT2D eigenvalue weighted by molar-refractivity contribution is 5.11. The van der Waals surface area contributed by atoms with Gasteiger partial charge in [0.15, 0.2) is 0 Å². The molecule has 3 heterocycles. The van der Waals surface area contributed by atoms with Crippen molar-refractivity contribution in [2.75, 3.05) is 13.2 Å². The monoisotopic (exact) mass is 316 g/mol. The zero-order valence-electron chi connectivity index (χ0n) is 14.6. The Morgan fingerprint density at radius 1 is 1.04 bits per heavy atom. The van der Waals surface area contributed by atoms with Crippen LogP contribution in [0.2, 0.25) is 0 Å². The molecule has 1 fully saturated rings. The van der Waals surface area contributed by atoms with Crippen molar-refractivity contribution in [1.82, 2.24) is 19.6 Å². The fourth-order valence-electron chi connectivity index (χ4n) is 2.86. The van der Waals surface area contributed by atoms with Crippen LogP contribution in [0.5, 0.6) is 0 Å². The van der Waals surface area contributed by atoms with E-state index in [1.54, 1.807) is 0 Å². The molecule has 2 atom stereocenters. The number of hydrogen-bond donors (Lipinski definition) is 0. The van der Waals surface area contributed by atoms with Crippen molar-refractivity contribution in [3.63, 3.8) is 0 Å². The van der Waals surface area contributed by atoms with Gasteiger partial charge in [-0.3, -0.25) is 9.36 Å². The van der Waals surface area contributed by atoms with Gasteiger partial charge in [-0.25, -0.2) is 0 Å². The molecule has 0 aliphatic carbocycles. The van der Waals surface area contributed by atoms with E-state index < -0.39 is 0 Å². The molecule has 2 aromatic heterocycles. The number of aromatic nitrogens is 4. The van der Waals surface area contributed by atoms with Gasteiger partial charge in [0.1, 0.15) is 0 Å². The molecule has 0 N–H and O–H groups in total. The third-order valence-corrected chi connectivity index (χ3v) is 4.94. The summed E-state index contributed by atoms with van der Waals surface area (Å²) in [6.07, 6.45) is 10.7. The van der Waals surface area contributed by atoms with E-state index in [0.29, 0.717) is 23.9 Å². The van der Waals surface area contributed by atoms with Crippen LogP contribution in [0.4, 0.5) is 0 Å². The molecule has 1 aliphatic heterocycles. The number of hydrogen-bond acceptors (Lipinski definition) is 3. The molecule has 3 rings (SSSR count). The van der Waals surface area contributed by atoms with Gasteiger partial charge in [-0.2, -0.15) is 10.2 Å². The summed E-state index contributed by atoms with van der Waals surface area (Å²) in [6, 6.07) is 0.869. The fourth-order valence-corrected chi connectivity index (χ4v) is 2.86. The Bertz CT molecular complexity index is 627. The Kier molecular flexibility index (Phi) is 4.85. The van der Waals surface area contributed by atoms with Crippen LogP contribution in [0.1, 0.15) is 75.6 Å². The summed E-state index contributed by atoms with van der Waals surface area (Å²) in [7, 11) is 0. The largest absolute Gasteiger partial charge is 0.377 e. The van der Waals surface area contributed by atoms with Crippen LogP contribution in [0, 0.1) is 0 Å². The maximum absolute atomic E-state index is 5.24. The van der Waals surface area contributed by atoms with E-state index in [4.69, 9.17) is 4.74 Å². The van der Waals surface area contributed by atoms with Gasteiger partial charge in [0.25, 0.3) is 0 Å². The Morgan fingerprint density at radius 3 is 2.39 bits per heavy atom. The van der Waals surface area contributed by atoms with Crippen LogP contribution in [0.3, 0.4) is 0 Å². The van der Waals surface area contributed by atoms with Gasteiger partial charge in [0.2, 0.25) is 0 Å². The number of ether oxygens (including phenoxy) is 1. The molecule has 126 valence electrons. The summed E-state index contributed by atoms with van der Waals surface area (Å²) < 4.78 is 9.40. The first-order valence-corrected chi connectivity index (χ1v) is 8.70. The second-order valence-corrected chi connectivity index (χ2v) is 7.18. The first-order chi connectivity index (χ1) is 11.0. The Morgan fingerprint density at radius 2 is 1.78 bits per heavy atom. The van der Waals surface area contributed by atoms with Crippen molar-refractivity contribution in [3.05, 3.63) is 35.9 Å². The van der Waals surface area contributed by atoms with E-state index in [1.807, 2.05) is 12.4 Å². The van der Waals surface area contributed by atoms with Crippen molar-refractivity contribution in [3.8, 4) is 0 Å². The summed E-state index contributed by atoms with van der Waals surface area (Å²) in [5.74, 6) is 1.06. The zero-order chi connectivity index (χ0) is 16.4. The van der Waals surface area contributed by atoms with E-state index in [2.05, 4.69) is 59.6 Å². The Labute approximate surface area is 138 Å². The second kappa shape index (κ2) is 6.87. The Balaban J connectivity index is 1.53. The van der Waals surface area contributed by atoms with Crippen molar-refractivity contribution in [2.45, 2.75) is 64.5 Å². The fraction of sp³-hybridized carbons (Fsp3) is 0.667. The molecule has 0 amide bonds. The highest BCUT2D eigenvalue weighted by Gasteiger charge is 2.22. The molecular formula is C18H28N4O. The maximum atomic E-state index is 5.24. The lowest BCUT2D eigenvalue weighted by Crippen LogP contribution is -2.30. The highest BCUT2D eigenvalue weighted by atomic mass is 16.5. The SMILES string of the molecule is CC(C)c1cnn(C(C)CCC(C)c2cnn(C3COC3)c2)c1. The standard InChI is InChI=1S/C18H28N4O/c1-13(2)16-7-19-21(9-16)15(4)6-5-14(3)17-8-20-22(10-17)18-11-23-12-18/h7-10,13-15,18H,5-6,11-12H2,1-4H3. The molecule has 2 aromatic rings. The summed E-state index contributed by atoms with van der Waals surface area (Å²) in [5, 5.41) is 9.01. The molecule has 0 saturated carbocycles. The smallest absolute Gasteiger partial charge is 0.0985 e. The average molecular weight is 316 g/mol.